The van der Waals surface area contributed by atoms with Gasteiger partial charge in [-0.2, -0.15) is 0 Å². The highest BCUT2D eigenvalue weighted by Crippen LogP contribution is 2.15. The zero-order valence-corrected chi connectivity index (χ0v) is 12.0. The van der Waals surface area contributed by atoms with Crippen molar-refractivity contribution in [2.75, 3.05) is 5.32 Å². The Hall–Kier alpha value is -2.70. The maximum absolute atomic E-state index is 13.4. The Morgan fingerprint density at radius 3 is 2.59 bits per heavy atom. The van der Waals surface area contributed by atoms with E-state index in [1.54, 1.807) is 29.9 Å². The third-order valence-corrected chi connectivity index (χ3v) is 2.99. The summed E-state index contributed by atoms with van der Waals surface area (Å²) < 4.78 is 32.8. The molecular formula is C15H14F2N2O3. The van der Waals surface area contributed by atoms with E-state index < -0.39 is 29.6 Å². The number of anilines is 1. The maximum atomic E-state index is 13.4. The largest absolute Gasteiger partial charge is 0.448 e. The lowest BCUT2D eigenvalue weighted by atomic mass is 10.2. The number of carbonyl (C=O) groups excluding carboxylic acids is 2. The van der Waals surface area contributed by atoms with Crippen molar-refractivity contribution < 1.29 is 23.1 Å². The first-order valence-corrected chi connectivity index (χ1v) is 6.46. The first kappa shape index (κ1) is 15.7. The Bertz CT molecular complexity index is 713. The van der Waals surface area contributed by atoms with E-state index in [4.69, 9.17) is 4.74 Å². The van der Waals surface area contributed by atoms with Gasteiger partial charge in [0.1, 0.15) is 17.3 Å². The van der Waals surface area contributed by atoms with Crippen molar-refractivity contribution in [3.8, 4) is 0 Å². The second-order valence-corrected chi connectivity index (χ2v) is 4.67. The number of benzene rings is 1. The van der Waals surface area contributed by atoms with Crippen LogP contribution >= 0.6 is 0 Å². The Morgan fingerprint density at radius 1 is 1.27 bits per heavy atom. The molecule has 1 aromatic carbocycles. The molecule has 0 spiro atoms. The zero-order chi connectivity index (χ0) is 16.3. The van der Waals surface area contributed by atoms with Crippen LogP contribution in [0.1, 0.15) is 17.4 Å². The van der Waals surface area contributed by atoms with Gasteiger partial charge in [0.15, 0.2) is 6.10 Å². The molecule has 22 heavy (non-hydrogen) atoms. The van der Waals surface area contributed by atoms with Gasteiger partial charge in [-0.3, -0.25) is 4.79 Å². The molecule has 0 aliphatic carbocycles. The molecule has 2 rings (SSSR count). The van der Waals surface area contributed by atoms with Gasteiger partial charge in [-0.1, -0.05) is 0 Å². The van der Waals surface area contributed by atoms with E-state index in [1.165, 1.54) is 6.92 Å². The number of ether oxygens (including phenoxy) is 1. The minimum absolute atomic E-state index is 0.187. The number of rotatable bonds is 4. The highest BCUT2D eigenvalue weighted by molar-refractivity contribution is 5.97. The van der Waals surface area contributed by atoms with Crippen LogP contribution in [0, 0.1) is 11.6 Å². The van der Waals surface area contributed by atoms with Gasteiger partial charge in [0.25, 0.3) is 5.91 Å². The molecule has 1 aromatic heterocycles. The summed E-state index contributed by atoms with van der Waals surface area (Å²) in [5.41, 5.74) is 0.0979. The lowest BCUT2D eigenvalue weighted by molar-refractivity contribution is -0.123. The Morgan fingerprint density at radius 2 is 2.00 bits per heavy atom. The van der Waals surface area contributed by atoms with Crippen molar-refractivity contribution in [2.24, 2.45) is 7.05 Å². The average molecular weight is 308 g/mol. The number of nitrogens with one attached hydrogen (secondary N) is 1. The highest BCUT2D eigenvalue weighted by Gasteiger charge is 2.21. The summed E-state index contributed by atoms with van der Waals surface area (Å²) in [6.07, 6.45) is 0.529. The van der Waals surface area contributed by atoms with E-state index in [0.717, 1.165) is 12.1 Å². The van der Waals surface area contributed by atoms with Gasteiger partial charge < -0.3 is 14.6 Å². The van der Waals surface area contributed by atoms with E-state index in [0.29, 0.717) is 6.07 Å². The third kappa shape index (κ3) is 3.49. The van der Waals surface area contributed by atoms with E-state index in [9.17, 15) is 18.4 Å². The fraction of sp³-hybridized carbons (Fsp3) is 0.200. The van der Waals surface area contributed by atoms with Crippen LogP contribution in [0.5, 0.6) is 0 Å². The van der Waals surface area contributed by atoms with Gasteiger partial charge in [0.2, 0.25) is 0 Å². The third-order valence-electron chi connectivity index (χ3n) is 2.99. The van der Waals surface area contributed by atoms with Crippen molar-refractivity contribution in [3.63, 3.8) is 0 Å². The minimum Gasteiger partial charge on any atom is -0.448 e. The maximum Gasteiger partial charge on any atom is 0.355 e. The van der Waals surface area contributed by atoms with Crippen molar-refractivity contribution in [2.45, 2.75) is 13.0 Å². The number of halogens is 2. The van der Waals surface area contributed by atoms with Crippen LogP contribution in [0.15, 0.2) is 36.5 Å². The zero-order valence-electron chi connectivity index (χ0n) is 12.0. The predicted molar refractivity (Wildman–Crippen MR) is 75.3 cm³/mol. The first-order valence-electron chi connectivity index (χ1n) is 6.46. The molecule has 2 aromatic rings. The highest BCUT2D eigenvalue weighted by atomic mass is 19.1. The molecule has 0 radical (unpaired) electrons. The number of aromatic nitrogens is 1. The number of aryl methyl sites for hydroxylation is 1. The van der Waals surface area contributed by atoms with E-state index >= 15 is 0 Å². The number of hydrogen-bond acceptors (Lipinski definition) is 3. The summed E-state index contributed by atoms with van der Waals surface area (Å²) in [4.78, 5) is 23.7. The molecule has 1 heterocycles. The number of nitrogens with zero attached hydrogens (tertiary/aromatic N) is 1. The Kier molecular flexibility index (Phi) is 4.55. The predicted octanol–water partition coefficient (Wildman–Crippen LogP) is 2.49. The molecule has 0 fully saturated rings. The van der Waals surface area contributed by atoms with Crippen LogP contribution in [-0.2, 0) is 16.6 Å². The number of hydrogen-bond donors (Lipinski definition) is 1. The van der Waals surface area contributed by atoms with Crippen LogP contribution in [0.4, 0.5) is 14.5 Å². The monoisotopic (exact) mass is 308 g/mol. The molecule has 0 unspecified atom stereocenters. The quantitative estimate of drug-likeness (QED) is 0.883. The lowest BCUT2D eigenvalue weighted by Gasteiger charge is -2.14. The smallest absolute Gasteiger partial charge is 0.355 e. The molecule has 116 valence electrons. The molecule has 1 atom stereocenters. The Labute approximate surface area is 125 Å². The van der Waals surface area contributed by atoms with E-state index in [-0.39, 0.29) is 11.4 Å². The first-order chi connectivity index (χ1) is 10.4. The molecule has 0 saturated carbocycles. The fourth-order valence-corrected chi connectivity index (χ4v) is 1.77. The molecular weight excluding hydrogens is 294 g/mol. The van der Waals surface area contributed by atoms with Crippen molar-refractivity contribution >= 4 is 17.6 Å². The molecule has 7 heteroatoms. The molecule has 0 saturated heterocycles. The van der Waals surface area contributed by atoms with Gasteiger partial charge in [0, 0.05) is 19.3 Å². The van der Waals surface area contributed by atoms with Gasteiger partial charge in [-0.25, -0.2) is 13.6 Å². The summed E-state index contributed by atoms with van der Waals surface area (Å²) in [5.74, 6) is -3.05. The van der Waals surface area contributed by atoms with E-state index in [1.807, 2.05) is 0 Å². The van der Waals surface area contributed by atoms with Crippen molar-refractivity contribution in [1.82, 2.24) is 4.57 Å². The lowest BCUT2D eigenvalue weighted by Crippen LogP contribution is -2.30. The van der Waals surface area contributed by atoms with Crippen LogP contribution in [0.3, 0.4) is 0 Å². The molecule has 0 bridgehead atoms. The van der Waals surface area contributed by atoms with Gasteiger partial charge in [-0.05, 0) is 31.2 Å². The molecule has 0 aliphatic rings. The topological polar surface area (TPSA) is 60.3 Å². The molecule has 0 aliphatic heterocycles. The van der Waals surface area contributed by atoms with Crippen LogP contribution in [-0.4, -0.2) is 22.5 Å². The second kappa shape index (κ2) is 6.38. The van der Waals surface area contributed by atoms with Crippen LogP contribution in [0.2, 0.25) is 0 Å². The van der Waals surface area contributed by atoms with Crippen molar-refractivity contribution in [3.05, 3.63) is 53.9 Å². The second-order valence-electron chi connectivity index (χ2n) is 4.67. The molecule has 5 nitrogen and oxygen atoms in total. The van der Waals surface area contributed by atoms with Gasteiger partial charge in [0.05, 0.1) is 5.69 Å². The summed E-state index contributed by atoms with van der Waals surface area (Å²) in [7, 11) is 1.66. The standard InChI is InChI=1S/C15H14F2N2O3/c1-9(22-15(21)13-4-3-7-19(13)2)14(20)18-12-6-5-10(16)8-11(12)17/h3-9H,1-2H3,(H,18,20)/t9-/m0/s1. The van der Waals surface area contributed by atoms with Crippen LogP contribution in [0.25, 0.3) is 0 Å². The van der Waals surface area contributed by atoms with Crippen molar-refractivity contribution in [1.29, 1.82) is 0 Å². The fourth-order valence-electron chi connectivity index (χ4n) is 1.77. The average Bonchev–Trinajstić information content (AvgIpc) is 2.88. The summed E-state index contributed by atoms with van der Waals surface area (Å²) >= 11 is 0. The number of esters is 1. The van der Waals surface area contributed by atoms with Crippen LogP contribution < -0.4 is 5.32 Å². The van der Waals surface area contributed by atoms with Gasteiger partial charge >= 0.3 is 5.97 Å². The minimum atomic E-state index is -1.13. The van der Waals surface area contributed by atoms with E-state index in [2.05, 4.69) is 5.32 Å². The Balaban J connectivity index is 2.00. The molecule has 1 amide bonds. The molecule has 1 N–H and O–H groups in total. The summed E-state index contributed by atoms with van der Waals surface area (Å²) in [5, 5.41) is 2.24. The summed E-state index contributed by atoms with van der Waals surface area (Å²) in [6.45, 7) is 1.36. The number of carbonyl (C=O) groups is 2. The normalized spacial score (nSPS) is 11.8. The number of amides is 1. The van der Waals surface area contributed by atoms with Gasteiger partial charge in [-0.15, -0.1) is 0 Å². The summed E-state index contributed by atoms with van der Waals surface area (Å²) in [6, 6.07) is 5.96. The SMILES string of the molecule is C[C@H](OC(=O)c1cccn1C)C(=O)Nc1ccc(F)cc1F.